The van der Waals surface area contributed by atoms with E-state index in [4.69, 9.17) is 5.11 Å². The number of carboxylic acids is 1. The third-order valence-electron chi connectivity index (χ3n) is 2.38. The Morgan fingerprint density at radius 3 is 2.39 bits per heavy atom. The molecule has 0 spiro atoms. The van der Waals surface area contributed by atoms with E-state index in [2.05, 4.69) is 31.9 Å². The molecule has 1 N–H and O–H groups in total. The fourth-order valence-electron chi connectivity index (χ4n) is 1.76. The normalized spacial score (nSPS) is 12.8. The summed E-state index contributed by atoms with van der Waals surface area (Å²) in [7, 11) is 0. The van der Waals surface area contributed by atoms with E-state index in [-0.39, 0.29) is 12.0 Å². The van der Waals surface area contributed by atoms with E-state index >= 15 is 0 Å². The first-order valence-electron chi connectivity index (χ1n) is 5.08. The third kappa shape index (κ3) is 4.28. The zero-order chi connectivity index (χ0) is 14.1. The van der Waals surface area contributed by atoms with Crippen LogP contribution in [-0.4, -0.2) is 11.1 Å². The molecule has 7 heteroatoms. The molecule has 0 aliphatic heterocycles. The van der Waals surface area contributed by atoms with E-state index < -0.39 is 23.7 Å². The number of rotatable bonds is 5. The van der Waals surface area contributed by atoms with Crippen LogP contribution in [-0.2, 0) is 10.7 Å². The van der Waals surface area contributed by atoms with Gasteiger partial charge in [0, 0.05) is 12.0 Å². The lowest BCUT2D eigenvalue weighted by molar-refractivity contribution is -0.140. The predicted molar refractivity (Wildman–Crippen MR) is 74.3 cm³/mol. The molecule has 0 aliphatic carbocycles. The van der Waals surface area contributed by atoms with Gasteiger partial charge in [0.05, 0.1) is 14.0 Å². The van der Waals surface area contributed by atoms with Crippen LogP contribution in [0, 0.1) is 5.41 Å². The average Bonchev–Trinajstić information content (AvgIpc) is 2.40. The lowest BCUT2D eigenvalue weighted by Crippen LogP contribution is -2.26. The van der Waals surface area contributed by atoms with Crippen LogP contribution in [0.5, 0.6) is 0 Å². The van der Waals surface area contributed by atoms with Crippen LogP contribution in [0.1, 0.15) is 32.3 Å². The summed E-state index contributed by atoms with van der Waals surface area (Å²) in [5.41, 5.74) is -1.07. The Morgan fingerprint density at radius 1 is 1.44 bits per heavy atom. The van der Waals surface area contributed by atoms with Crippen molar-refractivity contribution in [3.63, 3.8) is 0 Å². The SMILES string of the molecule is CC(C)(CC(=O)O)CC(F)(F)c1cc(Br)sc1Br. The summed E-state index contributed by atoms with van der Waals surface area (Å²) < 4.78 is 29.3. The summed E-state index contributed by atoms with van der Waals surface area (Å²) in [6.45, 7) is 3.06. The van der Waals surface area contributed by atoms with Crippen LogP contribution in [0.25, 0.3) is 0 Å². The van der Waals surface area contributed by atoms with Crippen molar-refractivity contribution in [3.05, 3.63) is 19.2 Å². The quantitative estimate of drug-likeness (QED) is 0.725. The second kappa shape index (κ2) is 5.54. The number of alkyl halides is 2. The molecule has 1 heterocycles. The summed E-state index contributed by atoms with van der Waals surface area (Å²) in [5, 5.41) is 8.72. The molecule has 18 heavy (non-hydrogen) atoms. The summed E-state index contributed by atoms with van der Waals surface area (Å²) >= 11 is 7.43. The van der Waals surface area contributed by atoms with E-state index in [0.717, 1.165) is 0 Å². The van der Waals surface area contributed by atoms with Crippen LogP contribution < -0.4 is 0 Å². The number of carboxylic acid groups (broad SMARTS) is 1. The Hall–Kier alpha value is -0.0100. The molecule has 1 aromatic heterocycles. The zero-order valence-electron chi connectivity index (χ0n) is 9.77. The van der Waals surface area contributed by atoms with Crippen LogP contribution >= 0.6 is 43.2 Å². The highest BCUT2D eigenvalue weighted by Crippen LogP contribution is 2.47. The Bertz CT molecular complexity index is 458. The highest BCUT2D eigenvalue weighted by atomic mass is 79.9. The van der Waals surface area contributed by atoms with Gasteiger partial charge in [0.1, 0.15) is 0 Å². The van der Waals surface area contributed by atoms with E-state index in [1.165, 1.54) is 31.3 Å². The van der Waals surface area contributed by atoms with Crippen molar-refractivity contribution in [3.8, 4) is 0 Å². The molecule has 2 nitrogen and oxygen atoms in total. The first-order valence-corrected chi connectivity index (χ1v) is 7.49. The van der Waals surface area contributed by atoms with Crippen molar-refractivity contribution in [2.75, 3.05) is 0 Å². The lowest BCUT2D eigenvalue weighted by atomic mass is 9.82. The first-order chi connectivity index (χ1) is 8.03. The molecule has 0 unspecified atom stereocenters. The highest BCUT2D eigenvalue weighted by Gasteiger charge is 2.41. The Morgan fingerprint density at radius 2 is 2.00 bits per heavy atom. The zero-order valence-corrected chi connectivity index (χ0v) is 13.8. The van der Waals surface area contributed by atoms with Gasteiger partial charge in [-0.1, -0.05) is 13.8 Å². The largest absolute Gasteiger partial charge is 0.481 e. The molecular weight excluding hydrogens is 394 g/mol. The second-order valence-electron chi connectivity index (χ2n) is 4.85. The second-order valence-corrected chi connectivity index (χ2v) is 8.60. The molecule has 0 aliphatic rings. The van der Waals surface area contributed by atoms with Crippen LogP contribution in [0.3, 0.4) is 0 Å². The van der Waals surface area contributed by atoms with Gasteiger partial charge in [-0.2, -0.15) is 0 Å². The number of thiophene rings is 1. The van der Waals surface area contributed by atoms with Gasteiger partial charge in [-0.3, -0.25) is 4.79 Å². The van der Waals surface area contributed by atoms with Gasteiger partial charge in [0.25, 0.3) is 5.92 Å². The van der Waals surface area contributed by atoms with Gasteiger partial charge in [0.15, 0.2) is 0 Å². The van der Waals surface area contributed by atoms with Gasteiger partial charge in [0.2, 0.25) is 0 Å². The van der Waals surface area contributed by atoms with Gasteiger partial charge in [-0.15, -0.1) is 11.3 Å². The van der Waals surface area contributed by atoms with Crippen LogP contribution in [0.2, 0.25) is 0 Å². The van der Waals surface area contributed by atoms with Gasteiger partial charge in [-0.25, -0.2) is 8.78 Å². The maximum atomic E-state index is 14.1. The van der Waals surface area contributed by atoms with Crippen molar-refractivity contribution < 1.29 is 18.7 Å². The van der Waals surface area contributed by atoms with Gasteiger partial charge >= 0.3 is 5.97 Å². The third-order valence-corrected chi connectivity index (χ3v) is 4.72. The van der Waals surface area contributed by atoms with Crippen molar-refractivity contribution in [1.29, 1.82) is 0 Å². The van der Waals surface area contributed by atoms with Crippen molar-refractivity contribution >= 4 is 49.2 Å². The molecule has 0 fully saturated rings. The molecule has 0 radical (unpaired) electrons. The van der Waals surface area contributed by atoms with Crippen LogP contribution in [0.4, 0.5) is 8.78 Å². The number of hydrogen-bond acceptors (Lipinski definition) is 2. The molecular formula is C11H12Br2F2O2S. The van der Waals surface area contributed by atoms with Gasteiger partial charge < -0.3 is 5.11 Å². The molecule has 1 rings (SSSR count). The van der Waals surface area contributed by atoms with E-state index in [1.807, 2.05) is 0 Å². The molecule has 1 aromatic rings. The van der Waals surface area contributed by atoms with E-state index in [9.17, 15) is 13.6 Å². The summed E-state index contributed by atoms with van der Waals surface area (Å²) in [6, 6.07) is 1.37. The number of hydrogen-bond donors (Lipinski definition) is 1. The molecule has 0 aromatic carbocycles. The monoisotopic (exact) mass is 404 g/mol. The molecule has 0 saturated carbocycles. The molecule has 0 bridgehead atoms. The minimum absolute atomic E-state index is 0.0992. The fourth-order valence-corrected chi connectivity index (χ4v) is 4.72. The maximum absolute atomic E-state index is 14.1. The smallest absolute Gasteiger partial charge is 0.303 e. The van der Waals surface area contributed by atoms with Crippen LogP contribution in [0.15, 0.2) is 13.6 Å². The fraction of sp³-hybridized carbons (Fsp3) is 0.545. The van der Waals surface area contributed by atoms with Crippen molar-refractivity contribution in [2.24, 2.45) is 5.41 Å². The topological polar surface area (TPSA) is 37.3 Å². The summed E-state index contributed by atoms with van der Waals surface area (Å²) in [6.07, 6.45) is -0.792. The predicted octanol–water partition coefficient (Wildman–Crippen LogP) is 5.26. The average molecular weight is 406 g/mol. The minimum Gasteiger partial charge on any atom is -0.481 e. The van der Waals surface area contributed by atoms with Crippen molar-refractivity contribution in [2.45, 2.75) is 32.6 Å². The first kappa shape index (κ1) is 16.0. The Kier molecular flexibility index (Phi) is 4.94. The number of halogens is 4. The standard InChI is InChI=1S/C11H12Br2F2O2S/c1-10(2,4-8(16)17)5-11(14,15)6-3-7(12)18-9(6)13/h3H,4-5H2,1-2H3,(H,16,17). The minimum atomic E-state index is -3.06. The summed E-state index contributed by atoms with van der Waals surface area (Å²) in [4.78, 5) is 10.6. The van der Waals surface area contributed by atoms with Gasteiger partial charge in [-0.05, 0) is 43.3 Å². The molecule has 0 saturated heterocycles. The highest BCUT2D eigenvalue weighted by molar-refractivity contribution is 9.12. The maximum Gasteiger partial charge on any atom is 0.303 e. The molecule has 102 valence electrons. The molecule has 0 atom stereocenters. The summed E-state index contributed by atoms with van der Waals surface area (Å²) in [5.74, 6) is -4.12. The Balaban J connectivity index is 2.94. The Labute approximate surface area is 125 Å². The van der Waals surface area contributed by atoms with E-state index in [1.54, 1.807) is 0 Å². The number of carbonyl (C=O) groups is 1. The lowest BCUT2D eigenvalue weighted by Gasteiger charge is -2.28. The van der Waals surface area contributed by atoms with Crippen molar-refractivity contribution in [1.82, 2.24) is 0 Å². The number of aliphatic carboxylic acids is 1. The van der Waals surface area contributed by atoms with E-state index in [0.29, 0.717) is 7.57 Å². The molecule has 0 amide bonds.